The van der Waals surface area contributed by atoms with Crippen LogP contribution in [-0.4, -0.2) is 17.6 Å². The number of hydrogen-bond donors (Lipinski definition) is 0. The topological polar surface area (TPSA) is 61.2 Å². The Hall–Kier alpha value is -3.19. The Bertz CT molecular complexity index is 1190. The monoisotopic (exact) mass is 368 g/mol. The Balaban J connectivity index is 1.86. The van der Waals surface area contributed by atoms with E-state index in [0.717, 1.165) is 15.7 Å². The van der Waals surface area contributed by atoms with E-state index in [2.05, 4.69) is 5.10 Å². The summed E-state index contributed by atoms with van der Waals surface area (Å²) in [5.41, 5.74) is 1.68. The van der Waals surface area contributed by atoms with E-state index >= 15 is 0 Å². The van der Waals surface area contributed by atoms with Crippen molar-refractivity contribution in [1.29, 1.82) is 0 Å². The molecule has 0 bridgehead atoms. The van der Waals surface area contributed by atoms with Gasteiger partial charge in [-0.15, -0.1) is 4.09 Å². The largest absolute Gasteiger partial charge is 0.429 e. The maximum absolute atomic E-state index is 13.3. The number of benzene rings is 3. The third kappa shape index (κ3) is 2.93. The summed E-state index contributed by atoms with van der Waals surface area (Å²) in [6.07, 6.45) is 0. The SMILES string of the molecule is O=S(=O)(Oc1cccc(F)c1)n1nc(-c2ccccc2)c2ccccc21. The molecular weight excluding hydrogens is 355 g/mol. The van der Waals surface area contributed by atoms with E-state index in [0.29, 0.717) is 16.6 Å². The highest BCUT2D eigenvalue weighted by Crippen LogP contribution is 2.29. The van der Waals surface area contributed by atoms with Gasteiger partial charge in [0.15, 0.2) is 0 Å². The van der Waals surface area contributed by atoms with E-state index in [-0.39, 0.29) is 5.75 Å². The van der Waals surface area contributed by atoms with Gasteiger partial charge in [0.25, 0.3) is 0 Å². The van der Waals surface area contributed by atoms with Crippen molar-refractivity contribution in [2.45, 2.75) is 0 Å². The summed E-state index contributed by atoms with van der Waals surface area (Å²) in [6.45, 7) is 0. The van der Waals surface area contributed by atoms with Crippen LogP contribution in [0.4, 0.5) is 4.39 Å². The quantitative estimate of drug-likeness (QED) is 0.546. The molecule has 0 N–H and O–H groups in total. The lowest BCUT2D eigenvalue weighted by Gasteiger charge is -2.07. The van der Waals surface area contributed by atoms with E-state index in [1.165, 1.54) is 18.2 Å². The molecule has 0 amide bonds. The van der Waals surface area contributed by atoms with Crippen molar-refractivity contribution in [1.82, 2.24) is 9.19 Å². The third-order valence-electron chi connectivity index (χ3n) is 3.81. The number of rotatable bonds is 4. The molecule has 1 aromatic heterocycles. The van der Waals surface area contributed by atoms with Crippen LogP contribution in [0.25, 0.3) is 22.2 Å². The summed E-state index contributed by atoms with van der Waals surface area (Å²) >= 11 is 0. The lowest BCUT2D eigenvalue weighted by atomic mass is 10.1. The van der Waals surface area contributed by atoms with Crippen molar-refractivity contribution in [3.8, 4) is 17.0 Å². The van der Waals surface area contributed by atoms with Crippen molar-refractivity contribution in [3.63, 3.8) is 0 Å². The second-order valence-corrected chi connectivity index (χ2v) is 6.94. The summed E-state index contributed by atoms with van der Waals surface area (Å²) < 4.78 is 44.7. The minimum Gasteiger partial charge on any atom is -0.365 e. The molecule has 130 valence electrons. The lowest BCUT2D eigenvalue weighted by Crippen LogP contribution is -2.20. The molecule has 0 aliphatic heterocycles. The van der Waals surface area contributed by atoms with Crippen LogP contribution in [-0.2, 0) is 10.3 Å². The second-order valence-electron chi connectivity index (χ2n) is 5.57. The van der Waals surface area contributed by atoms with Gasteiger partial charge in [0.2, 0.25) is 0 Å². The molecule has 4 rings (SSSR count). The maximum atomic E-state index is 13.3. The number of para-hydroxylation sites is 1. The highest BCUT2D eigenvalue weighted by atomic mass is 32.2. The lowest BCUT2D eigenvalue weighted by molar-refractivity contribution is 0.469. The fraction of sp³-hybridized carbons (Fsp3) is 0. The first-order valence-electron chi connectivity index (χ1n) is 7.78. The standard InChI is InChI=1S/C19H13FN2O3S/c20-15-9-6-10-16(13-15)25-26(23,24)22-18-12-5-4-11-17(18)19(21-22)14-7-2-1-3-8-14/h1-13H. The highest BCUT2D eigenvalue weighted by molar-refractivity contribution is 7.85. The molecule has 0 spiro atoms. The van der Waals surface area contributed by atoms with Crippen molar-refractivity contribution in [3.05, 3.63) is 84.7 Å². The molecular formula is C19H13FN2O3S. The Kier molecular flexibility index (Phi) is 3.93. The highest BCUT2D eigenvalue weighted by Gasteiger charge is 2.23. The molecule has 0 fully saturated rings. The summed E-state index contributed by atoms with van der Waals surface area (Å²) in [4.78, 5) is 0. The number of fused-ring (bicyclic) bond motifs is 1. The fourth-order valence-electron chi connectivity index (χ4n) is 2.69. The normalized spacial score (nSPS) is 11.6. The number of halogens is 1. The summed E-state index contributed by atoms with van der Waals surface area (Å²) in [5, 5.41) is 4.93. The molecule has 7 heteroatoms. The van der Waals surface area contributed by atoms with E-state index in [9.17, 15) is 12.8 Å². The number of aromatic nitrogens is 2. The molecule has 0 atom stereocenters. The van der Waals surface area contributed by atoms with Crippen LogP contribution in [0.2, 0.25) is 0 Å². The van der Waals surface area contributed by atoms with Crippen molar-refractivity contribution >= 4 is 21.2 Å². The van der Waals surface area contributed by atoms with Gasteiger partial charge >= 0.3 is 10.3 Å². The van der Waals surface area contributed by atoms with E-state index in [1.54, 1.807) is 24.3 Å². The van der Waals surface area contributed by atoms with Crippen LogP contribution in [0, 0.1) is 5.82 Å². The van der Waals surface area contributed by atoms with Gasteiger partial charge in [0.1, 0.15) is 17.3 Å². The zero-order valence-electron chi connectivity index (χ0n) is 13.4. The van der Waals surface area contributed by atoms with Crippen LogP contribution < -0.4 is 4.18 Å². The third-order valence-corrected chi connectivity index (χ3v) is 4.92. The molecule has 0 aliphatic carbocycles. The van der Waals surface area contributed by atoms with Gasteiger partial charge in [-0.2, -0.15) is 13.5 Å². The Morgan fingerprint density at radius 3 is 2.38 bits per heavy atom. The van der Waals surface area contributed by atoms with Crippen LogP contribution >= 0.6 is 0 Å². The molecule has 0 aliphatic rings. The second kappa shape index (κ2) is 6.27. The molecule has 1 heterocycles. The van der Waals surface area contributed by atoms with E-state index in [4.69, 9.17) is 4.18 Å². The first-order chi connectivity index (χ1) is 12.5. The molecule has 5 nitrogen and oxygen atoms in total. The van der Waals surface area contributed by atoms with Gasteiger partial charge in [-0.3, -0.25) is 0 Å². The number of hydrogen-bond acceptors (Lipinski definition) is 4. The molecule has 4 aromatic rings. The molecule has 3 aromatic carbocycles. The summed E-state index contributed by atoms with van der Waals surface area (Å²) in [7, 11) is -4.30. The van der Waals surface area contributed by atoms with Crippen molar-refractivity contribution in [2.24, 2.45) is 0 Å². The number of nitrogens with zero attached hydrogens (tertiary/aromatic N) is 2. The van der Waals surface area contributed by atoms with Crippen LogP contribution in [0.3, 0.4) is 0 Å². The smallest absolute Gasteiger partial charge is 0.365 e. The summed E-state index contributed by atoms with van der Waals surface area (Å²) in [5.74, 6) is -0.709. The zero-order valence-corrected chi connectivity index (χ0v) is 14.2. The van der Waals surface area contributed by atoms with Crippen molar-refractivity contribution < 1.29 is 17.0 Å². The van der Waals surface area contributed by atoms with Gasteiger partial charge in [-0.25, -0.2) is 4.39 Å². The molecule has 0 unspecified atom stereocenters. The van der Waals surface area contributed by atoms with Gasteiger partial charge in [0, 0.05) is 17.0 Å². The Morgan fingerprint density at radius 1 is 0.885 bits per heavy atom. The van der Waals surface area contributed by atoms with Gasteiger partial charge in [-0.05, 0) is 18.2 Å². The summed E-state index contributed by atoms with van der Waals surface area (Å²) in [6, 6.07) is 21.2. The maximum Gasteiger partial charge on any atom is 0.429 e. The first kappa shape index (κ1) is 16.3. The molecule has 0 saturated carbocycles. The average Bonchev–Trinajstić information content (AvgIpc) is 3.03. The first-order valence-corrected chi connectivity index (χ1v) is 9.15. The minimum absolute atomic E-state index is 0.120. The van der Waals surface area contributed by atoms with Gasteiger partial charge < -0.3 is 4.18 Å². The van der Waals surface area contributed by atoms with E-state index < -0.39 is 16.1 Å². The minimum atomic E-state index is -4.30. The van der Waals surface area contributed by atoms with Crippen LogP contribution in [0.1, 0.15) is 0 Å². The molecule has 26 heavy (non-hydrogen) atoms. The average molecular weight is 368 g/mol. The predicted octanol–water partition coefficient (Wildman–Crippen LogP) is 4.01. The Morgan fingerprint density at radius 2 is 1.62 bits per heavy atom. The van der Waals surface area contributed by atoms with Crippen molar-refractivity contribution in [2.75, 3.05) is 0 Å². The zero-order chi connectivity index (χ0) is 18.1. The van der Waals surface area contributed by atoms with Crippen LogP contribution in [0.5, 0.6) is 5.75 Å². The molecule has 0 radical (unpaired) electrons. The van der Waals surface area contributed by atoms with Gasteiger partial charge in [0.05, 0.1) is 5.52 Å². The fourth-order valence-corrected chi connectivity index (χ4v) is 3.69. The van der Waals surface area contributed by atoms with Gasteiger partial charge in [-0.1, -0.05) is 54.6 Å². The Labute approximate surface area is 149 Å². The molecule has 0 saturated heterocycles. The van der Waals surface area contributed by atoms with E-state index in [1.807, 2.05) is 30.3 Å². The predicted molar refractivity (Wildman–Crippen MR) is 96.5 cm³/mol. The van der Waals surface area contributed by atoms with Crippen LogP contribution in [0.15, 0.2) is 78.9 Å².